The molecule has 2 heterocycles. The van der Waals surface area contributed by atoms with E-state index in [1.54, 1.807) is 12.1 Å². The predicted molar refractivity (Wildman–Crippen MR) is 120 cm³/mol. The number of hydrogen-bond donors (Lipinski definition) is 2. The first-order valence-corrected chi connectivity index (χ1v) is 11.1. The quantitative estimate of drug-likeness (QED) is 0.548. The molecule has 1 atom stereocenters. The number of hydrazone groups is 1. The number of benzene rings is 1. The summed E-state index contributed by atoms with van der Waals surface area (Å²) in [5, 5.41) is 9.17. The average Bonchev–Trinajstić information content (AvgIpc) is 3.29. The standard InChI is InChI=1S/C22H24N4O4S/c1-30-22(29)18-14-10-6-3-7-11-17(14)31-21(18)24-20(28)15-12-16(19(23)27)26(25-15)13-8-4-2-5-9-13/h2,4-5,8-9,16H,3,6-7,10-12H2,1H3,(H2,23,27)(H,24,28). The summed E-state index contributed by atoms with van der Waals surface area (Å²) in [5.41, 5.74) is 7.82. The number of carbonyl (C=O) groups is 3. The molecule has 4 rings (SSSR count). The van der Waals surface area contributed by atoms with Gasteiger partial charge < -0.3 is 15.8 Å². The summed E-state index contributed by atoms with van der Waals surface area (Å²) < 4.78 is 4.99. The van der Waals surface area contributed by atoms with Crippen LogP contribution in [-0.2, 0) is 27.2 Å². The van der Waals surface area contributed by atoms with E-state index >= 15 is 0 Å². The van der Waals surface area contributed by atoms with Crippen LogP contribution in [0.1, 0.15) is 46.5 Å². The molecule has 0 bridgehead atoms. The van der Waals surface area contributed by atoms with E-state index in [9.17, 15) is 14.4 Å². The number of nitrogens with one attached hydrogen (secondary N) is 1. The van der Waals surface area contributed by atoms with E-state index in [2.05, 4.69) is 10.4 Å². The largest absolute Gasteiger partial charge is 0.465 e. The molecule has 3 N–H and O–H groups in total. The number of methoxy groups -OCH3 is 1. The summed E-state index contributed by atoms with van der Waals surface area (Å²) in [6, 6.07) is 8.34. The summed E-state index contributed by atoms with van der Waals surface area (Å²) in [6.07, 6.45) is 4.94. The van der Waals surface area contributed by atoms with Gasteiger partial charge in [-0.15, -0.1) is 11.3 Å². The highest BCUT2D eigenvalue weighted by Crippen LogP contribution is 2.38. The van der Waals surface area contributed by atoms with Crippen LogP contribution in [0, 0.1) is 0 Å². The first kappa shape index (κ1) is 21.0. The van der Waals surface area contributed by atoms with Gasteiger partial charge in [-0.25, -0.2) is 4.79 Å². The van der Waals surface area contributed by atoms with Crippen LogP contribution >= 0.6 is 11.3 Å². The maximum absolute atomic E-state index is 13.0. The van der Waals surface area contributed by atoms with Gasteiger partial charge in [-0.2, -0.15) is 5.10 Å². The molecular formula is C22H24N4O4S. The Hall–Kier alpha value is -3.20. The number of primary amides is 1. The van der Waals surface area contributed by atoms with E-state index in [4.69, 9.17) is 10.5 Å². The Kier molecular flexibility index (Phi) is 6.03. The fraction of sp³-hybridized carbons (Fsp3) is 0.364. The minimum absolute atomic E-state index is 0.0920. The average molecular weight is 441 g/mol. The van der Waals surface area contributed by atoms with Crippen molar-refractivity contribution in [2.45, 2.75) is 44.6 Å². The number of rotatable bonds is 5. The van der Waals surface area contributed by atoms with Crippen LogP contribution in [-0.4, -0.2) is 36.6 Å². The normalized spacial score (nSPS) is 18.0. The van der Waals surface area contributed by atoms with E-state index in [-0.39, 0.29) is 12.1 Å². The molecule has 1 aliphatic carbocycles. The third-order valence-corrected chi connectivity index (χ3v) is 6.77. The number of fused-ring (bicyclic) bond motifs is 1. The third kappa shape index (κ3) is 4.18. The van der Waals surface area contributed by atoms with Crippen molar-refractivity contribution in [3.8, 4) is 0 Å². The van der Waals surface area contributed by atoms with Crippen LogP contribution < -0.4 is 16.1 Å². The van der Waals surface area contributed by atoms with Gasteiger partial charge in [-0.1, -0.05) is 24.6 Å². The molecule has 0 saturated carbocycles. The Labute approximate surface area is 184 Å². The van der Waals surface area contributed by atoms with Gasteiger partial charge in [0, 0.05) is 11.3 Å². The number of para-hydroxylation sites is 1. The Morgan fingerprint density at radius 3 is 2.61 bits per heavy atom. The van der Waals surface area contributed by atoms with E-state index in [0.717, 1.165) is 42.5 Å². The van der Waals surface area contributed by atoms with Crippen molar-refractivity contribution in [1.82, 2.24) is 0 Å². The van der Waals surface area contributed by atoms with E-state index < -0.39 is 23.8 Å². The Morgan fingerprint density at radius 2 is 1.90 bits per heavy atom. The Morgan fingerprint density at radius 1 is 1.16 bits per heavy atom. The van der Waals surface area contributed by atoms with Crippen molar-refractivity contribution in [1.29, 1.82) is 0 Å². The van der Waals surface area contributed by atoms with Crippen molar-refractivity contribution in [2.24, 2.45) is 10.8 Å². The summed E-state index contributed by atoms with van der Waals surface area (Å²) in [6.45, 7) is 0. The second-order valence-electron chi connectivity index (χ2n) is 7.56. The Bertz CT molecular complexity index is 1050. The SMILES string of the molecule is COC(=O)c1c(NC(=O)C2=NN(c3ccccc3)C(C(N)=O)C2)sc2c1CCCCC2. The highest BCUT2D eigenvalue weighted by molar-refractivity contribution is 7.17. The molecule has 8 nitrogen and oxygen atoms in total. The van der Waals surface area contributed by atoms with Crippen molar-refractivity contribution < 1.29 is 19.1 Å². The van der Waals surface area contributed by atoms with Gasteiger partial charge in [0.25, 0.3) is 5.91 Å². The fourth-order valence-corrected chi connectivity index (χ4v) is 5.28. The van der Waals surface area contributed by atoms with Gasteiger partial charge in [0.1, 0.15) is 16.8 Å². The van der Waals surface area contributed by atoms with Crippen molar-refractivity contribution in [3.63, 3.8) is 0 Å². The summed E-state index contributed by atoms with van der Waals surface area (Å²) in [5.74, 6) is -1.47. The lowest BCUT2D eigenvalue weighted by Gasteiger charge is -2.20. The summed E-state index contributed by atoms with van der Waals surface area (Å²) in [7, 11) is 1.34. The van der Waals surface area contributed by atoms with Gasteiger partial charge in [0.15, 0.2) is 0 Å². The number of amides is 2. The van der Waals surface area contributed by atoms with Crippen LogP contribution in [0.4, 0.5) is 10.7 Å². The second kappa shape index (κ2) is 8.89. The molecule has 162 valence electrons. The molecule has 2 aromatic rings. The highest BCUT2D eigenvalue weighted by atomic mass is 32.1. The molecule has 2 aliphatic rings. The van der Waals surface area contributed by atoms with Gasteiger partial charge in [0.2, 0.25) is 5.91 Å². The predicted octanol–water partition coefficient (Wildman–Crippen LogP) is 2.86. The highest BCUT2D eigenvalue weighted by Gasteiger charge is 2.36. The Balaban J connectivity index is 1.62. The number of thiophene rings is 1. The number of nitrogens with two attached hydrogens (primary N) is 1. The number of esters is 1. The topological polar surface area (TPSA) is 114 Å². The molecule has 31 heavy (non-hydrogen) atoms. The lowest BCUT2D eigenvalue weighted by Crippen LogP contribution is -2.39. The van der Waals surface area contributed by atoms with Gasteiger partial charge >= 0.3 is 5.97 Å². The van der Waals surface area contributed by atoms with Crippen molar-refractivity contribution in [3.05, 3.63) is 46.3 Å². The zero-order valence-electron chi connectivity index (χ0n) is 17.2. The van der Waals surface area contributed by atoms with E-state index in [1.165, 1.54) is 23.5 Å². The molecule has 1 aliphatic heterocycles. The van der Waals surface area contributed by atoms with Crippen LogP contribution in [0.25, 0.3) is 0 Å². The monoisotopic (exact) mass is 440 g/mol. The van der Waals surface area contributed by atoms with Gasteiger partial charge in [-0.05, 0) is 43.4 Å². The van der Waals surface area contributed by atoms with Crippen LogP contribution in [0.15, 0.2) is 35.4 Å². The number of hydrogen-bond acceptors (Lipinski definition) is 7. The van der Waals surface area contributed by atoms with Crippen LogP contribution in [0.3, 0.4) is 0 Å². The maximum Gasteiger partial charge on any atom is 0.341 e. The molecule has 0 spiro atoms. The molecule has 0 fully saturated rings. The number of carbonyl (C=O) groups excluding carboxylic acids is 3. The van der Waals surface area contributed by atoms with Gasteiger partial charge in [-0.3, -0.25) is 14.6 Å². The van der Waals surface area contributed by atoms with Crippen molar-refractivity contribution >= 4 is 45.5 Å². The fourth-order valence-electron chi connectivity index (χ4n) is 4.01. The van der Waals surface area contributed by atoms with Crippen molar-refractivity contribution in [2.75, 3.05) is 17.4 Å². The molecule has 9 heteroatoms. The van der Waals surface area contributed by atoms with E-state index in [0.29, 0.717) is 16.3 Å². The third-order valence-electron chi connectivity index (χ3n) is 5.56. The molecule has 1 aromatic heterocycles. The number of anilines is 2. The lowest BCUT2D eigenvalue weighted by molar-refractivity contribution is -0.119. The molecule has 1 unspecified atom stereocenters. The first-order chi connectivity index (χ1) is 15.0. The minimum atomic E-state index is -0.747. The number of nitrogens with zero attached hydrogens (tertiary/aromatic N) is 2. The summed E-state index contributed by atoms with van der Waals surface area (Å²) in [4.78, 5) is 38.6. The molecular weight excluding hydrogens is 416 g/mol. The number of ether oxygens (including phenoxy) is 1. The maximum atomic E-state index is 13.0. The van der Waals surface area contributed by atoms with Crippen LogP contribution in [0.2, 0.25) is 0 Å². The summed E-state index contributed by atoms with van der Waals surface area (Å²) >= 11 is 1.42. The van der Waals surface area contributed by atoms with E-state index in [1.807, 2.05) is 18.2 Å². The minimum Gasteiger partial charge on any atom is -0.465 e. The lowest BCUT2D eigenvalue weighted by atomic mass is 10.1. The smallest absolute Gasteiger partial charge is 0.341 e. The zero-order valence-corrected chi connectivity index (χ0v) is 18.0. The van der Waals surface area contributed by atoms with Gasteiger partial charge in [0.05, 0.1) is 18.4 Å². The molecule has 0 saturated heterocycles. The van der Waals surface area contributed by atoms with Crippen LogP contribution in [0.5, 0.6) is 0 Å². The molecule has 2 amide bonds. The molecule has 0 radical (unpaired) electrons. The molecule has 1 aromatic carbocycles. The number of aryl methyl sites for hydroxylation is 1. The second-order valence-corrected chi connectivity index (χ2v) is 8.67. The zero-order chi connectivity index (χ0) is 22.0. The first-order valence-electron chi connectivity index (χ1n) is 10.2.